The first-order valence-corrected chi connectivity index (χ1v) is 8.06. The van der Waals surface area contributed by atoms with Crippen molar-refractivity contribution < 1.29 is 0 Å². The second kappa shape index (κ2) is 5.17. The molecular weight excluding hydrogens is 308 g/mol. The predicted molar refractivity (Wildman–Crippen MR) is 92.5 cm³/mol. The van der Waals surface area contributed by atoms with Gasteiger partial charge in [-0.3, -0.25) is 24.1 Å². The number of rotatable bonds is 2. The molecular formula is C17H14N4OS. The van der Waals surface area contributed by atoms with Crippen LogP contribution in [0.2, 0.25) is 0 Å². The molecule has 0 unspecified atom stereocenters. The fraction of sp³-hybridized carbons (Fsp3) is 0.118. The summed E-state index contributed by atoms with van der Waals surface area (Å²) in [4.78, 5) is 22.3. The van der Waals surface area contributed by atoms with Gasteiger partial charge < -0.3 is 0 Å². The van der Waals surface area contributed by atoms with Crippen molar-refractivity contribution in [3.05, 3.63) is 58.5 Å². The normalized spacial score (nSPS) is 11.2. The van der Waals surface area contributed by atoms with Crippen LogP contribution in [0.1, 0.15) is 0 Å². The van der Waals surface area contributed by atoms with Gasteiger partial charge in [0.15, 0.2) is 0 Å². The first-order valence-electron chi connectivity index (χ1n) is 7.18. The molecule has 0 aliphatic rings. The standard InChI is InChI=1S/C17H14N4OS/c1-20-16(11-5-6-12-13(10-11)19-8-7-18-12)15(17(22)21(20)2)14-4-3-9-23-14/h3-10H,1-2H3. The van der Waals surface area contributed by atoms with Crippen molar-refractivity contribution in [3.63, 3.8) is 0 Å². The van der Waals surface area contributed by atoms with E-state index in [4.69, 9.17) is 0 Å². The smallest absolute Gasteiger partial charge is 0.275 e. The Hall–Kier alpha value is -2.73. The highest BCUT2D eigenvalue weighted by Gasteiger charge is 2.20. The monoisotopic (exact) mass is 322 g/mol. The van der Waals surface area contributed by atoms with E-state index >= 15 is 0 Å². The van der Waals surface area contributed by atoms with Gasteiger partial charge in [0.2, 0.25) is 0 Å². The number of fused-ring (bicyclic) bond motifs is 1. The highest BCUT2D eigenvalue weighted by atomic mass is 32.1. The maximum absolute atomic E-state index is 12.7. The van der Waals surface area contributed by atoms with E-state index in [2.05, 4.69) is 9.97 Å². The average Bonchev–Trinajstić information content (AvgIpc) is 3.17. The molecule has 0 saturated carbocycles. The number of hydrogen-bond acceptors (Lipinski definition) is 4. The van der Waals surface area contributed by atoms with Crippen molar-refractivity contribution in [3.8, 4) is 21.7 Å². The van der Waals surface area contributed by atoms with Gasteiger partial charge in [0, 0.05) is 36.9 Å². The Balaban J connectivity index is 2.04. The Kier molecular flexibility index (Phi) is 3.12. The molecule has 5 nitrogen and oxygen atoms in total. The largest absolute Gasteiger partial charge is 0.285 e. The Morgan fingerprint density at radius 2 is 1.78 bits per heavy atom. The quantitative estimate of drug-likeness (QED) is 0.570. The van der Waals surface area contributed by atoms with Gasteiger partial charge >= 0.3 is 0 Å². The van der Waals surface area contributed by atoms with Crippen molar-refractivity contribution in [1.29, 1.82) is 0 Å². The van der Waals surface area contributed by atoms with Crippen LogP contribution in [-0.4, -0.2) is 19.3 Å². The van der Waals surface area contributed by atoms with Crippen LogP contribution in [0.4, 0.5) is 0 Å². The summed E-state index contributed by atoms with van der Waals surface area (Å²) in [6.45, 7) is 0. The van der Waals surface area contributed by atoms with E-state index in [1.807, 2.05) is 47.4 Å². The second-order valence-corrected chi connectivity index (χ2v) is 6.26. The molecule has 0 radical (unpaired) electrons. The fourth-order valence-corrected chi connectivity index (χ4v) is 3.56. The number of benzene rings is 1. The van der Waals surface area contributed by atoms with Gasteiger partial charge in [-0.1, -0.05) is 12.1 Å². The molecule has 0 saturated heterocycles. The van der Waals surface area contributed by atoms with Gasteiger partial charge in [-0.2, -0.15) is 0 Å². The molecule has 114 valence electrons. The molecule has 0 aliphatic heterocycles. The fourth-order valence-electron chi connectivity index (χ4n) is 2.80. The van der Waals surface area contributed by atoms with Crippen LogP contribution < -0.4 is 5.56 Å². The summed E-state index contributed by atoms with van der Waals surface area (Å²) in [5, 5.41) is 1.98. The zero-order valence-electron chi connectivity index (χ0n) is 12.7. The van der Waals surface area contributed by atoms with Gasteiger partial charge in [-0.05, 0) is 23.6 Å². The van der Waals surface area contributed by atoms with Crippen LogP contribution in [0.3, 0.4) is 0 Å². The molecule has 1 aromatic carbocycles. The minimum atomic E-state index is 0.00388. The Morgan fingerprint density at radius 1 is 1.00 bits per heavy atom. The van der Waals surface area contributed by atoms with Crippen molar-refractivity contribution in [2.24, 2.45) is 14.1 Å². The molecule has 23 heavy (non-hydrogen) atoms. The Labute approximate surface area is 136 Å². The van der Waals surface area contributed by atoms with Crippen molar-refractivity contribution >= 4 is 22.4 Å². The number of nitrogens with zero attached hydrogens (tertiary/aromatic N) is 4. The summed E-state index contributed by atoms with van der Waals surface area (Å²) < 4.78 is 3.51. The van der Waals surface area contributed by atoms with Gasteiger partial charge in [-0.15, -0.1) is 11.3 Å². The van der Waals surface area contributed by atoms with E-state index in [1.54, 1.807) is 35.5 Å². The number of hydrogen-bond donors (Lipinski definition) is 0. The van der Waals surface area contributed by atoms with E-state index in [1.165, 1.54) is 0 Å². The van der Waals surface area contributed by atoms with Crippen LogP contribution in [-0.2, 0) is 14.1 Å². The van der Waals surface area contributed by atoms with Gasteiger partial charge in [0.05, 0.1) is 22.3 Å². The van der Waals surface area contributed by atoms with Crippen LogP contribution in [0.25, 0.3) is 32.7 Å². The Bertz CT molecular complexity index is 1060. The minimum Gasteiger partial charge on any atom is -0.285 e. The average molecular weight is 322 g/mol. The van der Waals surface area contributed by atoms with Crippen molar-refractivity contribution in [1.82, 2.24) is 19.3 Å². The maximum atomic E-state index is 12.7. The molecule has 0 N–H and O–H groups in total. The lowest BCUT2D eigenvalue weighted by atomic mass is 10.1. The van der Waals surface area contributed by atoms with Crippen molar-refractivity contribution in [2.75, 3.05) is 0 Å². The predicted octanol–water partition coefficient (Wildman–Crippen LogP) is 3.06. The van der Waals surface area contributed by atoms with Gasteiger partial charge in [-0.25, -0.2) is 0 Å². The molecule has 4 rings (SSSR count). The first-order chi connectivity index (χ1) is 11.2. The summed E-state index contributed by atoms with van der Waals surface area (Å²) in [7, 11) is 3.68. The molecule has 6 heteroatoms. The molecule has 0 amide bonds. The zero-order valence-corrected chi connectivity index (χ0v) is 13.5. The van der Waals surface area contributed by atoms with E-state index < -0.39 is 0 Å². The lowest BCUT2D eigenvalue weighted by molar-refractivity contribution is 0.584. The molecule has 4 aromatic rings. The third-order valence-corrected chi connectivity index (χ3v) is 4.92. The van der Waals surface area contributed by atoms with E-state index in [9.17, 15) is 4.79 Å². The third-order valence-electron chi connectivity index (χ3n) is 4.03. The molecule has 0 atom stereocenters. The lowest BCUT2D eigenvalue weighted by Gasteiger charge is -2.08. The zero-order chi connectivity index (χ0) is 16.0. The molecule has 0 spiro atoms. The van der Waals surface area contributed by atoms with Crippen LogP contribution in [0.5, 0.6) is 0 Å². The lowest BCUT2D eigenvalue weighted by Crippen LogP contribution is -2.17. The summed E-state index contributed by atoms with van der Waals surface area (Å²) >= 11 is 1.57. The number of thiophene rings is 1. The second-order valence-electron chi connectivity index (χ2n) is 5.31. The van der Waals surface area contributed by atoms with Gasteiger partial charge in [0.25, 0.3) is 5.56 Å². The summed E-state index contributed by atoms with van der Waals surface area (Å²) in [6.07, 6.45) is 3.35. The first kappa shape index (κ1) is 13.9. The molecule has 0 fully saturated rings. The minimum absolute atomic E-state index is 0.00388. The summed E-state index contributed by atoms with van der Waals surface area (Å²) in [5.74, 6) is 0. The van der Waals surface area contributed by atoms with Crippen LogP contribution in [0.15, 0.2) is 52.9 Å². The van der Waals surface area contributed by atoms with Gasteiger partial charge in [0.1, 0.15) is 0 Å². The van der Waals surface area contributed by atoms with E-state index in [0.717, 1.165) is 32.7 Å². The van der Waals surface area contributed by atoms with Crippen LogP contribution in [0, 0.1) is 0 Å². The van der Waals surface area contributed by atoms with Crippen LogP contribution >= 0.6 is 11.3 Å². The molecule has 0 aliphatic carbocycles. The SMILES string of the molecule is Cn1c(-c2ccc3nccnc3c2)c(-c2cccs2)c(=O)n1C. The third kappa shape index (κ3) is 2.10. The van der Waals surface area contributed by atoms with E-state index in [0.29, 0.717) is 0 Å². The summed E-state index contributed by atoms with van der Waals surface area (Å²) in [6, 6.07) is 9.85. The molecule has 3 heterocycles. The summed E-state index contributed by atoms with van der Waals surface area (Å²) in [5.41, 5.74) is 4.25. The maximum Gasteiger partial charge on any atom is 0.275 e. The highest BCUT2D eigenvalue weighted by molar-refractivity contribution is 7.13. The molecule has 0 bridgehead atoms. The molecule has 3 aromatic heterocycles. The topological polar surface area (TPSA) is 52.7 Å². The number of aromatic nitrogens is 4. The highest BCUT2D eigenvalue weighted by Crippen LogP contribution is 2.33. The van der Waals surface area contributed by atoms with Crippen molar-refractivity contribution in [2.45, 2.75) is 0 Å². The Morgan fingerprint density at radius 3 is 2.52 bits per heavy atom. The van der Waals surface area contributed by atoms with E-state index in [-0.39, 0.29) is 5.56 Å².